The maximum Gasteiger partial charge on any atom is 0.407 e. The molecule has 2 rings (SSSR count). The highest BCUT2D eigenvalue weighted by molar-refractivity contribution is 5.91. The Bertz CT molecular complexity index is 919. The van der Waals surface area contributed by atoms with Gasteiger partial charge in [-0.1, -0.05) is 42.0 Å². The number of hydrogen-bond acceptors (Lipinski definition) is 4. The van der Waals surface area contributed by atoms with Crippen LogP contribution in [0.5, 0.6) is 0 Å². The molecule has 0 unspecified atom stereocenters. The van der Waals surface area contributed by atoms with Crippen LogP contribution in [0.3, 0.4) is 0 Å². The molecule has 2 aromatic rings. The van der Waals surface area contributed by atoms with Gasteiger partial charge in [0.15, 0.2) is 0 Å². The number of carbonyl (C=O) groups excluding carboxylic acids is 3. The Hall–Kier alpha value is -3.35. The first kappa shape index (κ1) is 23.9. The molecule has 0 saturated carbocycles. The molecule has 166 valence electrons. The molecule has 31 heavy (non-hydrogen) atoms. The van der Waals surface area contributed by atoms with Gasteiger partial charge in [0.05, 0.1) is 6.42 Å². The fourth-order valence-electron chi connectivity index (χ4n) is 2.85. The Morgan fingerprint density at radius 2 is 1.61 bits per heavy atom. The van der Waals surface area contributed by atoms with Crippen molar-refractivity contribution < 1.29 is 19.1 Å². The number of anilines is 1. The lowest BCUT2D eigenvalue weighted by atomic mass is 10.1. The van der Waals surface area contributed by atoms with E-state index in [4.69, 9.17) is 4.74 Å². The molecule has 0 saturated heterocycles. The van der Waals surface area contributed by atoms with Crippen LogP contribution < -0.4 is 16.0 Å². The van der Waals surface area contributed by atoms with Crippen molar-refractivity contribution in [3.8, 4) is 0 Å². The molecule has 0 aromatic heterocycles. The molecule has 3 N–H and O–H groups in total. The first-order valence-electron chi connectivity index (χ1n) is 10.3. The smallest absolute Gasteiger partial charge is 0.407 e. The molecular weight excluding hydrogens is 394 g/mol. The summed E-state index contributed by atoms with van der Waals surface area (Å²) in [6.07, 6.45) is -0.108. The Morgan fingerprint density at radius 1 is 0.903 bits per heavy atom. The number of alkyl carbamates (subject to hydrolysis) is 1. The van der Waals surface area contributed by atoms with Gasteiger partial charge >= 0.3 is 6.09 Å². The van der Waals surface area contributed by atoms with E-state index >= 15 is 0 Å². The molecule has 0 radical (unpaired) electrons. The van der Waals surface area contributed by atoms with E-state index in [1.54, 1.807) is 26.8 Å². The monoisotopic (exact) mass is 425 g/mol. The minimum atomic E-state index is -0.581. The molecular formula is C24H31N3O4. The van der Waals surface area contributed by atoms with Crippen LogP contribution in [0.15, 0.2) is 48.5 Å². The Labute approximate surface area is 183 Å². The average molecular weight is 426 g/mol. The molecule has 0 aliphatic rings. The van der Waals surface area contributed by atoms with Gasteiger partial charge in [-0.3, -0.25) is 9.59 Å². The van der Waals surface area contributed by atoms with Gasteiger partial charge in [-0.25, -0.2) is 4.79 Å². The summed E-state index contributed by atoms with van der Waals surface area (Å²) in [6.45, 7) is 7.87. The minimum absolute atomic E-state index is 0.0618. The van der Waals surface area contributed by atoms with Crippen molar-refractivity contribution in [3.63, 3.8) is 0 Å². The third-order valence-corrected chi connectivity index (χ3v) is 4.17. The van der Waals surface area contributed by atoms with Crippen LogP contribution in [0.25, 0.3) is 0 Å². The summed E-state index contributed by atoms with van der Waals surface area (Å²) < 4.78 is 5.13. The van der Waals surface area contributed by atoms with Gasteiger partial charge in [0.1, 0.15) is 5.60 Å². The summed E-state index contributed by atoms with van der Waals surface area (Å²) in [4.78, 5) is 35.9. The van der Waals surface area contributed by atoms with E-state index in [0.717, 1.165) is 16.7 Å². The zero-order valence-electron chi connectivity index (χ0n) is 18.6. The highest BCUT2D eigenvalue weighted by Crippen LogP contribution is 2.11. The number of carbonyl (C=O) groups is 3. The third kappa shape index (κ3) is 9.80. The first-order chi connectivity index (χ1) is 14.6. The van der Waals surface area contributed by atoms with Crippen molar-refractivity contribution in [2.45, 2.75) is 52.7 Å². The number of benzene rings is 2. The van der Waals surface area contributed by atoms with Crippen LogP contribution in [0, 0.1) is 6.92 Å². The lowest BCUT2D eigenvalue weighted by Gasteiger charge is -2.19. The fraction of sp³-hybridized carbons (Fsp3) is 0.375. The topological polar surface area (TPSA) is 96.5 Å². The number of amides is 3. The summed E-state index contributed by atoms with van der Waals surface area (Å²) >= 11 is 0. The van der Waals surface area contributed by atoms with Gasteiger partial charge < -0.3 is 20.7 Å². The van der Waals surface area contributed by atoms with Crippen LogP contribution in [0.4, 0.5) is 10.5 Å². The number of aryl methyl sites for hydroxylation is 1. The molecule has 0 fully saturated rings. The van der Waals surface area contributed by atoms with Crippen LogP contribution in [0.2, 0.25) is 0 Å². The van der Waals surface area contributed by atoms with Gasteiger partial charge in [0.2, 0.25) is 11.8 Å². The summed E-state index contributed by atoms with van der Waals surface area (Å²) in [5.41, 5.74) is 3.02. The lowest BCUT2D eigenvalue weighted by Crippen LogP contribution is -2.34. The SMILES string of the molecule is Cc1cccc(CC(=O)NCc2cccc(NC(=O)CCNC(=O)OC(C)(C)C)c2)c1. The predicted molar refractivity (Wildman–Crippen MR) is 121 cm³/mol. The first-order valence-corrected chi connectivity index (χ1v) is 10.3. The lowest BCUT2D eigenvalue weighted by molar-refractivity contribution is -0.120. The second kappa shape index (κ2) is 11.2. The molecule has 0 aliphatic heterocycles. The van der Waals surface area contributed by atoms with Crippen molar-refractivity contribution in [2.75, 3.05) is 11.9 Å². The highest BCUT2D eigenvalue weighted by Gasteiger charge is 2.16. The summed E-state index contributed by atoms with van der Waals surface area (Å²) in [6, 6.07) is 15.1. The van der Waals surface area contributed by atoms with Gasteiger partial charge in [0, 0.05) is 25.2 Å². The van der Waals surface area contributed by atoms with Crippen molar-refractivity contribution in [1.29, 1.82) is 0 Å². The average Bonchev–Trinajstić information content (AvgIpc) is 2.65. The number of hydrogen-bond donors (Lipinski definition) is 3. The van der Waals surface area contributed by atoms with E-state index in [1.165, 1.54) is 0 Å². The Morgan fingerprint density at radius 3 is 2.32 bits per heavy atom. The van der Waals surface area contributed by atoms with Gasteiger partial charge in [-0.2, -0.15) is 0 Å². The molecule has 7 heteroatoms. The number of nitrogens with one attached hydrogen (secondary N) is 3. The zero-order valence-corrected chi connectivity index (χ0v) is 18.6. The molecule has 0 spiro atoms. The zero-order chi connectivity index (χ0) is 22.9. The molecule has 0 heterocycles. The van der Waals surface area contributed by atoms with Crippen molar-refractivity contribution in [3.05, 3.63) is 65.2 Å². The van der Waals surface area contributed by atoms with Crippen LogP contribution in [-0.4, -0.2) is 30.1 Å². The van der Waals surface area contributed by atoms with E-state index < -0.39 is 11.7 Å². The maximum absolute atomic E-state index is 12.2. The van der Waals surface area contributed by atoms with Gasteiger partial charge in [-0.15, -0.1) is 0 Å². The molecule has 2 aromatic carbocycles. The van der Waals surface area contributed by atoms with Crippen molar-refractivity contribution >= 4 is 23.6 Å². The van der Waals surface area contributed by atoms with E-state index in [2.05, 4.69) is 16.0 Å². The molecule has 3 amide bonds. The second-order valence-corrected chi connectivity index (χ2v) is 8.37. The van der Waals surface area contributed by atoms with Crippen molar-refractivity contribution in [2.24, 2.45) is 0 Å². The van der Waals surface area contributed by atoms with Crippen LogP contribution in [0.1, 0.15) is 43.9 Å². The maximum atomic E-state index is 12.2. The van der Waals surface area contributed by atoms with E-state index in [9.17, 15) is 14.4 Å². The van der Waals surface area contributed by atoms with E-state index in [-0.39, 0.29) is 24.8 Å². The molecule has 0 atom stereocenters. The normalized spacial score (nSPS) is 10.8. The van der Waals surface area contributed by atoms with Gasteiger partial charge in [-0.05, 0) is 51.0 Å². The second-order valence-electron chi connectivity index (χ2n) is 8.37. The Kier molecular flexibility index (Phi) is 8.61. The largest absolute Gasteiger partial charge is 0.444 e. The molecule has 0 aliphatic carbocycles. The van der Waals surface area contributed by atoms with Crippen LogP contribution in [-0.2, 0) is 27.3 Å². The fourth-order valence-corrected chi connectivity index (χ4v) is 2.85. The van der Waals surface area contributed by atoms with Crippen LogP contribution >= 0.6 is 0 Å². The quantitative estimate of drug-likeness (QED) is 0.601. The molecule has 0 bridgehead atoms. The standard InChI is InChI=1S/C24H31N3O4/c1-17-7-5-8-18(13-17)15-22(29)26-16-19-9-6-10-20(14-19)27-21(28)11-12-25-23(30)31-24(2,3)4/h5-10,13-14H,11-12,15-16H2,1-4H3,(H,25,30)(H,26,29)(H,27,28). The molecule has 7 nitrogen and oxygen atoms in total. The Balaban J connectivity index is 1.76. The van der Waals surface area contributed by atoms with E-state index in [1.807, 2.05) is 49.4 Å². The number of rotatable bonds is 8. The van der Waals surface area contributed by atoms with Crippen molar-refractivity contribution in [1.82, 2.24) is 10.6 Å². The highest BCUT2D eigenvalue weighted by atomic mass is 16.6. The summed E-state index contributed by atoms with van der Waals surface area (Å²) in [7, 11) is 0. The summed E-state index contributed by atoms with van der Waals surface area (Å²) in [5, 5.41) is 8.25. The minimum Gasteiger partial charge on any atom is -0.444 e. The third-order valence-electron chi connectivity index (χ3n) is 4.17. The number of ether oxygens (including phenoxy) is 1. The summed E-state index contributed by atoms with van der Waals surface area (Å²) in [5.74, 6) is -0.287. The van der Waals surface area contributed by atoms with E-state index in [0.29, 0.717) is 18.7 Å². The van der Waals surface area contributed by atoms with Gasteiger partial charge in [0.25, 0.3) is 0 Å². The predicted octanol–water partition coefficient (Wildman–Crippen LogP) is 3.71.